The summed E-state index contributed by atoms with van der Waals surface area (Å²) in [6.45, 7) is 2.27. The number of aliphatic hydroxyl groups excluding tert-OH is 2. The largest absolute Gasteiger partial charge is 0.387 e. The molecule has 0 aliphatic carbocycles. The fourth-order valence-electron chi connectivity index (χ4n) is 5.76. The molecule has 5 heterocycles. The van der Waals surface area contributed by atoms with Crippen molar-refractivity contribution in [3.8, 4) is 0 Å². The van der Waals surface area contributed by atoms with Crippen LogP contribution in [0.4, 0.5) is 11.8 Å². The normalized spacial score (nSPS) is 23.8. The Balaban J connectivity index is 1.24. The van der Waals surface area contributed by atoms with E-state index in [2.05, 4.69) is 60.6 Å². The molecule has 222 valence electrons. The monoisotopic (exact) mass is 583 g/mol. The zero-order chi connectivity index (χ0) is 29.3. The van der Waals surface area contributed by atoms with Crippen molar-refractivity contribution in [2.24, 2.45) is 7.05 Å². The van der Waals surface area contributed by atoms with Gasteiger partial charge in [0.05, 0.1) is 13.4 Å². The van der Waals surface area contributed by atoms with Crippen molar-refractivity contribution in [2.75, 3.05) is 30.3 Å². The van der Waals surface area contributed by atoms with Crippen LogP contribution in [0.25, 0.3) is 11.2 Å². The highest BCUT2D eigenvalue weighted by Crippen LogP contribution is 2.39. The molecule has 2 aliphatic heterocycles. The van der Waals surface area contributed by atoms with Crippen LogP contribution in [0.15, 0.2) is 67.0 Å². The van der Waals surface area contributed by atoms with Gasteiger partial charge in [0, 0.05) is 25.0 Å². The topological polar surface area (TPSA) is 173 Å². The first-order valence-corrected chi connectivity index (χ1v) is 14.4. The van der Waals surface area contributed by atoms with Crippen molar-refractivity contribution in [1.82, 2.24) is 45.0 Å². The molecule has 1 unspecified atom stereocenters. The second-order valence-corrected chi connectivity index (χ2v) is 10.9. The third-order valence-electron chi connectivity index (χ3n) is 7.98. The average Bonchev–Trinajstić information content (AvgIpc) is 3.84. The van der Waals surface area contributed by atoms with E-state index in [-0.39, 0.29) is 17.8 Å². The van der Waals surface area contributed by atoms with Crippen LogP contribution in [0.5, 0.6) is 0 Å². The number of fused-ring (bicyclic) bond motifs is 1. The molecule has 5 N–H and O–H groups in total. The van der Waals surface area contributed by atoms with Crippen molar-refractivity contribution >= 4 is 22.9 Å². The highest BCUT2D eigenvalue weighted by Gasteiger charge is 2.47. The first kappa shape index (κ1) is 27.3. The number of aromatic nitrogens is 8. The van der Waals surface area contributed by atoms with E-state index in [1.807, 2.05) is 36.4 Å². The van der Waals surface area contributed by atoms with E-state index >= 15 is 0 Å². The summed E-state index contributed by atoms with van der Waals surface area (Å²) < 4.78 is 7.72. The van der Waals surface area contributed by atoms with Gasteiger partial charge < -0.3 is 30.9 Å². The van der Waals surface area contributed by atoms with E-state index in [4.69, 9.17) is 14.7 Å². The van der Waals surface area contributed by atoms with E-state index in [9.17, 15) is 10.2 Å². The van der Waals surface area contributed by atoms with Crippen LogP contribution in [-0.2, 0) is 11.8 Å². The summed E-state index contributed by atoms with van der Waals surface area (Å²) in [4.78, 5) is 15.6. The third-order valence-corrected chi connectivity index (χ3v) is 7.98. The number of aryl methyl sites for hydroxylation is 1. The molecule has 0 amide bonds. The molecule has 3 aromatic heterocycles. The van der Waals surface area contributed by atoms with Crippen LogP contribution in [0, 0.1) is 0 Å². The molecule has 2 aliphatic rings. The molecule has 2 saturated heterocycles. The predicted octanol–water partition coefficient (Wildman–Crippen LogP) is 1.36. The quantitative estimate of drug-likeness (QED) is 0.169. The van der Waals surface area contributed by atoms with Crippen molar-refractivity contribution in [1.29, 1.82) is 0 Å². The third kappa shape index (κ3) is 5.41. The number of nitrogens with one attached hydrogen (secondary N) is 3. The molecular weight excluding hydrogens is 550 g/mol. The van der Waals surface area contributed by atoms with Gasteiger partial charge in [-0.2, -0.15) is 14.8 Å². The molecule has 43 heavy (non-hydrogen) atoms. The Hall–Kier alpha value is -4.50. The lowest BCUT2D eigenvalue weighted by molar-refractivity contribution is -0.0384. The van der Waals surface area contributed by atoms with Gasteiger partial charge in [-0.3, -0.25) is 4.57 Å². The lowest BCUT2D eigenvalue weighted by atomic mass is 9.91. The van der Waals surface area contributed by atoms with Gasteiger partial charge in [-0.05, 0) is 29.3 Å². The van der Waals surface area contributed by atoms with Gasteiger partial charge in [-0.15, -0.1) is 10.2 Å². The van der Waals surface area contributed by atoms with Gasteiger partial charge in [0.25, 0.3) is 0 Å². The summed E-state index contributed by atoms with van der Waals surface area (Å²) in [5.41, 5.74) is 3.31. The Labute approximate surface area is 247 Å². The van der Waals surface area contributed by atoms with Crippen LogP contribution in [-0.4, -0.2) is 87.8 Å². The molecule has 0 radical (unpaired) electrons. The van der Waals surface area contributed by atoms with Gasteiger partial charge in [0.2, 0.25) is 11.8 Å². The standard InChI is InChI=1S/C29H33N11O3/c1-39-37-26(36-38-39)24-22(41)23(42)28(43-24)40-16-32-21-25(34-29(35-27(21)40)33-19-12-13-30-14-19)31-15-20(17-8-4-2-5-9-17)18-10-6-3-7-11-18/h2-11,16,19-20,22-24,28,30,41-42H,12-15H2,1H3,(H2,31,33,34,35)/t19?,22-,23+,24-,28+/m0/s1. The van der Waals surface area contributed by atoms with E-state index < -0.39 is 24.5 Å². The van der Waals surface area contributed by atoms with Gasteiger partial charge in [-0.1, -0.05) is 60.7 Å². The molecule has 5 atom stereocenters. The van der Waals surface area contributed by atoms with Gasteiger partial charge in [-0.25, -0.2) is 4.98 Å². The molecule has 14 heteroatoms. The molecule has 14 nitrogen and oxygen atoms in total. The Morgan fingerprint density at radius 1 is 1.02 bits per heavy atom. The van der Waals surface area contributed by atoms with Gasteiger partial charge in [0.15, 0.2) is 29.3 Å². The number of aliphatic hydroxyl groups is 2. The maximum absolute atomic E-state index is 11.0. The van der Waals surface area contributed by atoms with Crippen LogP contribution < -0.4 is 16.0 Å². The smallest absolute Gasteiger partial charge is 0.227 e. The van der Waals surface area contributed by atoms with Crippen LogP contribution in [0.3, 0.4) is 0 Å². The summed E-state index contributed by atoms with van der Waals surface area (Å²) in [6, 6.07) is 20.8. The molecule has 0 bridgehead atoms. The number of anilines is 2. The molecule has 2 aromatic carbocycles. The zero-order valence-corrected chi connectivity index (χ0v) is 23.5. The van der Waals surface area contributed by atoms with E-state index in [1.165, 1.54) is 15.9 Å². The Morgan fingerprint density at radius 2 is 1.77 bits per heavy atom. The molecule has 0 saturated carbocycles. The van der Waals surface area contributed by atoms with Crippen LogP contribution in [0.1, 0.15) is 41.6 Å². The van der Waals surface area contributed by atoms with E-state index in [0.29, 0.717) is 29.5 Å². The number of benzene rings is 2. The summed E-state index contributed by atoms with van der Waals surface area (Å²) in [5, 5.41) is 44.2. The fourth-order valence-corrected chi connectivity index (χ4v) is 5.76. The van der Waals surface area contributed by atoms with Crippen molar-refractivity contribution in [3.63, 3.8) is 0 Å². The minimum atomic E-state index is -1.28. The molecule has 7 rings (SSSR count). The minimum Gasteiger partial charge on any atom is -0.387 e. The second-order valence-electron chi connectivity index (χ2n) is 10.9. The molecule has 2 fully saturated rings. The number of nitrogens with zero attached hydrogens (tertiary/aromatic N) is 8. The Kier molecular flexibility index (Phi) is 7.40. The first-order valence-electron chi connectivity index (χ1n) is 14.4. The van der Waals surface area contributed by atoms with Crippen LogP contribution >= 0.6 is 0 Å². The highest BCUT2D eigenvalue weighted by molar-refractivity contribution is 5.84. The van der Waals surface area contributed by atoms with Crippen LogP contribution in [0.2, 0.25) is 0 Å². The van der Waals surface area contributed by atoms with Crippen molar-refractivity contribution in [3.05, 3.63) is 83.9 Å². The number of hydrogen-bond donors (Lipinski definition) is 5. The minimum absolute atomic E-state index is 0.0558. The number of hydrogen-bond acceptors (Lipinski definition) is 12. The lowest BCUT2D eigenvalue weighted by Gasteiger charge is -2.20. The highest BCUT2D eigenvalue weighted by atomic mass is 16.6. The number of tetrazole rings is 1. The average molecular weight is 584 g/mol. The SMILES string of the molecule is Cn1nnc([C@H]2O[C@@H](n3cnc4c(NCC(c5ccccc5)c5ccccc5)nc(NC5CCNC5)nc43)[C@H](O)[C@@H]2O)n1. The number of rotatable bonds is 9. The van der Waals surface area contributed by atoms with Crippen molar-refractivity contribution < 1.29 is 14.9 Å². The molecule has 0 spiro atoms. The maximum Gasteiger partial charge on any atom is 0.227 e. The zero-order valence-electron chi connectivity index (χ0n) is 23.5. The van der Waals surface area contributed by atoms with Crippen molar-refractivity contribution in [2.45, 2.75) is 42.9 Å². The number of ether oxygens (including phenoxy) is 1. The second kappa shape index (κ2) is 11.6. The molecular formula is C29H33N11O3. The number of imidazole rings is 1. The Morgan fingerprint density at radius 3 is 2.42 bits per heavy atom. The molecule has 5 aromatic rings. The summed E-state index contributed by atoms with van der Waals surface area (Å²) in [7, 11) is 1.62. The summed E-state index contributed by atoms with van der Waals surface area (Å²) in [6.07, 6.45) is -2.02. The van der Waals surface area contributed by atoms with E-state index in [1.54, 1.807) is 17.9 Å². The first-order chi connectivity index (χ1) is 21.0. The fraction of sp³-hybridized carbons (Fsp3) is 0.379. The predicted molar refractivity (Wildman–Crippen MR) is 157 cm³/mol. The van der Waals surface area contributed by atoms with E-state index in [0.717, 1.165) is 19.5 Å². The van der Waals surface area contributed by atoms with Gasteiger partial charge >= 0.3 is 0 Å². The van der Waals surface area contributed by atoms with Gasteiger partial charge in [0.1, 0.15) is 12.2 Å². The summed E-state index contributed by atoms with van der Waals surface area (Å²) in [5.74, 6) is 1.22. The summed E-state index contributed by atoms with van der Waals surface area (Å²) >= 11 is 0. The maximum atomic E-state index is 11.0. The Bertz CT molecular complexity index is 1630. The lowest BCUT2D eigenvalue weighted by Crippen LogP contribution is -2.29.